The Hall–Kier alpha value is -2.47. The van der Waals surface area contributed by atoms with Crippen molar-refractivity contribution < 1.29 is 9.53 Å². The zero-order chi connectivity index (χ0) is 18.3. The van der Waals surface area contributed by atoms with Gasteiger partial charge in [-0.25, -0.2) is 9.78 Å². The third-order valence-corrected chi connectivity index (χ3v) is 5.66. The zero-order valence-corrected chi connectivity index (χ0v) is 15.8. The molecule has 25 heavy (non-hydrogen) atoms. The second-order valence-electron chi connectivity index (χ2n) is 6.27. The summed E-state index contributed by atoms with van der Waals surface area (Å²) in [6.45, 7) is 9.48. The maximum Gasteiger partial charge on any atom is 0.331 e. The van der Waals surface area contributed by atoms with Crippen LogP contribution >= 0.6 is 11.3 Å². The second kappa shape index (κ2) is 6.44. The molecule has 0 unspecified atom stereocenters. The Morgan fingerprint density at radius 2 is 1.80 bits per heavy atom. The number of carbonyl (C=O) groups is 1. The molecule has 0 radical (unpaired) electrons. The lowest BCUT2D eigenvalue weighted by Gasteiger charge is -2.13. The third-order valence-electron chi connectivity index (χ3n) is 4.54. The van der Waals surface area contributed by atoms with Crippen molar-refractivity contribution in [2.45, 2.75) is 41.2 Å². The van der Waals surface area contributed by atoms with Crippen molar-refractivity contribution in [3.63, 3.8) is 0 Å². The standard InChI is InChI=1S/C19H20N2O3S/c1-10-6-7-11(2)17(12(10)3)24-15(22)8-21-9-20-18-16(19(21)23)13(4)14(5)25-18/h6-7,9H,8H2,1-5H3. The first-order valence-electron chi connectivity index (χ1n) is 8.02. The quantitative estimate of drug-likeness (QED) is 0.531. The molecule has 3 aromatic rings. The molecular weight excluding hydrogens is 336 g/mol. The fraction of sp³-hybridized carbons (Fsp3) is 0.316. The average Bonchev–Trinajstić information content (AvgIpc) is 2.86. The van der Waals surface area contributed by atoms with Gasteiger partial charge in [-0.05, 0) is 56.9 Å². The van der Waals surface area contributed by atoms with Gasteiger partial charge in [-0.2, -0.15) is 0 Å². The van der Waals surface area contributed by atoms with E-state index in [0.717, 1.165) is 27.1 Å². The van der Waals surface area contributed by atoms with Gasteiger partial charge in [0.05, 0.1) is 11.7 Å². The topological polar surface area (TPSA) is 61.2 Å². The Bertz CT molecular complexity index is 1050. The number of ether oxygens (including phenoxy) is 1. The normalized spacial score (nSPS) is 11.1. The van der Waals surface area contributed by atoms with Crippen LogP contribution in [0.2, 0.25) is 0 Å². The van der Waals surface area contributed by atoms with Gasteiger partial charge in [-0.3, -0.25) is 9.36 Å². The van der Waals surface area contributed by atoms with Crippen molar-refractivity contribution >= 4 is 27.5 Å². The smallest absolute Gasteiger partial charge is 0.331 e. The number of hydrogen-bond acceptors (Lipinski definition) is 5. The molecule has 2 aromatic heterocycles. The molecule has 6 heteroatoms. The summed E-state index contributed by atoms with van der Waals surface area (Å²) in [6.07, 6.45) is 1.41. The molecule has 0 amide bonds. The van der Waals surface area contributed by atoms with Gasteiger partial charge in [0.25, 0.3) is 5.56 Å². The fourth-order valence-corrected chi connectivity index (χ4v) is 3.74. The molecule has 0 spiro atoms. The van der Waals surface area contributed by atoms with E-state index < -0.39 is 5.97 Å². The van der Waals surface area contributed by atoms with E-state index in [4.69, 9.17) is 4.74 Å². The van der Waals surface area contributed by atoms with E-state index in [1.54, 1.807) is 0 Å². The molecule has 0 aliphatic heterocycles. The molecule has 0 aliphatic rings. The van der Waals surface area contributed by atoms with E-state index in [1.807, 2.05) is 46.8 Å². The minimum Gasteiger partial charge on any atom is -0.425 e. The predicted octanol–water partition coefficient (Wildman–Crippen LogP) is 3.61. The molecule has 0 aliphatic carbocycles. The SMILES string of the molecule is Cc1ccc(C)c(OC(=O)Cn2cnc3sc(C)c(C)c3c2=O)c1C. The number of nitrogens with zero attached hydrogens (tertiary/aromatic N) is 2. The van der Waals surface area contributed by atoms with E-state index >= 15 is 0 Å². The molecule has 1 aromatic carbocycles. The largest absolute Gasteiger partial charge is 0.425 e. The van der Waals surface area contributed by atoms with Crippen molar-refractivity contribution in [3.8, 4) is 5.75 Å². The minimum absolute atomic E-state index is 0.164. The summed E-state index contributed by atoms with van der Waals surface area (Å²) in [5.41, 5.74) is 3.59. The molecule has 130 valence electrons. The summed E-state index contributed by atoms with van der Waals surface area (Å²) in [6, 6.07) is 3.91. The summed E-state index contributed by atoms with van der Waals surface area (Å²) in [5, 5.41) is 0.584. The highest BCUT2D eigenvalue weighted by Crippen LogP contribution is 2.27. The molecule has 2 heterocycles. The summed E-state index contributed by atoms with van der Waals surface area (Å²) in [4.78, 5) is 31.1. The van der Waals surface area contributed by atoms with Gasteiger partial charge in [0, 0.05) is 4.88 Å². The van der Waals surface area contributed by atoms with E-state index in [-0.39, 0.29) is 12.1 Å². The van der Waals surface area contributed by atoms with Crippen LogP contribution in [0.25, 0.3) is 10.2 Å². The number of hydrogen-bond donors (Lipinski definition) is 0. The lowest BCUT2D eigenvalue weighted by Crippen LogP contribution is -2.27. The van der Waals surface area contributed by atoms with Crippen molar-refractivity contribution in [3.05, 3.63) is 55.9 Å². The van der Waals surface area contributed by atoms with Crippen molar-refractivity contribution in [2.24, 2.45) is 0 Å². The number of aryl methyl sites for hydroxylation is 4. The number of benzene rings is 1. The van der Waals surface area contributed by atoms with E-state index in [0.29, 0.717) is 16.0 Å². The molecule has 5 nitrogen and oxygen atoms in total. The van der Waals surface area contributed by atoms with Gasteiger partial charge in [-0.15, -0.1) is 11.3 Å². The van der Waals surface area contributed by atoms with Crippen LogP contribution in [0.3, 0.4) is 0 Å². The molecule has 0 fully saturated rings. The molecule has 0 N–H and O–H groups in total. The Balaban J connectivity index is 1.91. The lowest BCUT2D eigenvalue weighted by atomic mass is 10.1. The number of aromatic nitrogens is 2. The van der Waals surface area contributed by atoms with Crippen LogP contribution in [0.15, 0.2) is 23.3 Å². The molecule has 0 saturated heterocycles. The summed E-state index contributed by atoms with van der Waals surface area (Å²) in [7, 11) is 0. The molecule has 0 saturated carbocycles. The van der Waals surface area contributed by atoms with Crippen LogP contribution < -0.4 is 10.3 Å². The Kier molecular flexibility index (Phi) is 4.47. The molecule has 0 bridgehead atoms. The average molecular weight is 356 g/mol. The van der Waals surface area contributed by atoms with Crippen LogP contribution in [0, 0.1) is 34.6 Å². The van der Waals surface area contributed by atoms with E-state index in [1.165, 1.54) is 22.2 Å². The number of esters is 1. The fourth-order valence-electron chi connectivity index (χ4n) is 2.75. The first-order chi connectivity index (χ1) is 11.8. The molecule has 0 atom stereocenters. The Labute approximate surface area is 149 Å². The van der Waals surface area contributed by atoms with Crippen LogP contribution in [0.5, 0.6) is 5.75 Å². The number of thiophene rings is 1. The monoisotopic (exact) mass is 356 g/mol. The van der Waals surface area contributed by atoms with Crippen LogP contribution in [0.4, 0.5) is 0 Å². The highest BCUT2D eigenvalue weighted by Gasteiger charge is 2.16. The Morgan fingerprint density at radius 3 is 2.52 bits per heavy atom. The summed E-state index contributed by atoms with van der Waals surface area (Å²) in [5.74, 6) is 0.0827. The highest BCUT2D eigenvalue weighted by molar-refractivity contribution is 7.18. The predicted molar refractivity (Wildman–Crippen MR) is 99.6 cm³/mol. The van der Waals surface area contributed by atoms with E-state index in [2.05, 4.69) is 4.98 Å². The van der Waals surface area contributed by atoms with Crippen molar-refractivity contribution in [1.29, 1.82) is 0 Å². The maximum absolute atomic E-state index is 12.7. The number of rotatable bonds is 3. The van der Waals surface area contributed by atoms with Gasteiger partial charge >= 0.3 is 5.97 Å². The molecular formula is C19H20N2O3S. The van der Waals surface area contributed by atoms with Crippen LogP contribution in [0.1, 0.15) is 27.1 Å². The van der Waals surface area contributed by atoms with Gasteiger partial charge in [0.15, 0.2) is 0 Å². The van der Waals surface area contributed by atoms with E-state index in [9.17, 15) is 9.59 Å². The highest BCUT2D eigenvalue weighted by atomic mass is 32.1. The van der Waals surface area contributed by atoms with Crippen molar-refractivity contribution in [2.75, 3.05) is 0 Å². The van der Waals surface area contributed by atoms with Gasteiger partial charge in [-0.1, -0.05) is 12.1 Å². The molecule has 3 rings (SSSR count). The maximum atomic E-state index is 12.7. The summed E-state index contributed by atoms with van der Waals surface area (Å²) >= 11 is 1.49. The first-order valence-corrected chi connectivity index (χ1v) is 8.84. The lowest BCUT2D eigenvalue weighted by molar-refractivity contribution is -0.135. The second-order valence-corrected chi connectivity index (χ2v) is 7.47. The van der Waals surface area contributed by atoms with Gasteiger partial charge in [0.1, 0.15) is 17.1 Å². The zero-order valence-electron chi connectivity index (χ0n) is 15.0. The minimum atomic E-state index is -0.482. The number of fused-ring (bicyclic) bond motifs is 1. The van der Waals surface area contributed by atoms with Crippen LogP contribution in [-0.2, 0) is 11.3 Å². The van der Waals surface area contributed by atoms with Crippen molar-refractivity contribution in [1.82, 2.24) is 9.55 Å². The Morgan fingerprint density at radius 1 is 1.12 bits per heavy atom. The third kappa shape index (κ3) is 3.09. The summed E-state index contributed by atoms with van der Waals surface area (Å²) < 4.78 is 6.85. The number of carbonyl (C=O) groups excluding carboxylic acids is 1. The first kappa shape index (κ1) is 17.4. The van der Waals surface area contributed by atoms with Crippen LogP contribution in [-0.4, -0.2) is 15.5 Å². The van der Waals surface area contributed by atoms with Gasteiger partial charge < -0.3 is 4.74 Å². The van der Waals surface area contributed by atoms with Gasteiger partial charge in [0.2, 0.25) is 0 Å².